The summed E-state index contributed by atoms with van der Waals surface area (Å²) in [5.41, 5.74) is -1.18. The van der Waals surface area contributed by atoms with Crippen LogP contribution in [0.2, 0.25) is 0 Å². The number of carboxylic acid groups (broad SMARTS) is 1. The number of nitrogens with one attached hydrogen (secondary N) is 1. The van der Waals surface area contributed by atoms with Crippen molar-refractivity contribution in [3.63, 3.8) is 0 Å². The number of likely N-dealkylation sites (N-methyl/N-ethyl adjacent to an activating group) is 1. The van der Waals surface area contributed by atoms with Gasteiger partial charge in [0.05, 0.1) is 0 Å². The zero-order chi connectivity index (χ0) is 15.3. The third-order valence-corrected chi connectivity index (χ3v) is 4.14. The minimum Gasteiger partial charge on any atom is -0.480 e. The predicted octanol–water partition coefficient (Wildman–Crippen LogP) is 1.37. The number of amides is 2. The molecule has 1 aliphatic heterocycles. The Bertz CT molecular complexity index is 362. The molecule has 2 amide bonds. The summed E-state index contributed by atoms with van der Waals surface area (Å²) in [6.45, 7) is 7.70. The molecule has 0 aromatic rings. The lowest BCUT2D eigenvalue weighted by Crippen LogP contribution is -2.60. The van der Waals surface area contributed by atoms with Gasteiger partial charge in [0.1, 0.15) is 5.54 Å². The highest BCUT2D eigenvalue weighted by Crippen LogP contribution is 2.15. The average Bonchev–Trinajstić information content (AvgIpc) is 2.39. The van der Waals surface area contributed by atoms with Crippen LogP contribution in [-0.2, 0) is 4.79 Å². The van der Waals surface area contributed by atoms with Gasteiger partial charge in [0.25, 0.3) is 0 Å². The van der Waals surface area contributed by atoms with Crippen molar-refractivity contribution in [3.05, 3.63) is 0 Å². The van der Waals surface area contributed by atoms with Crippen molar-refractivity contribution < 1.29 is 14.7 Å². The molecule has 1 saturated heterocycles. The van der Waals surface area contributed by atoms with Crippen molar-refractivity contribution in [2.75, 3.05) is 26.7 Å². The van der Waals surface area contributed by atoms with Gasteiger partial charge in [-0.2, -0.15) is 0 Å². The first-order valence-corrected chi connectivity index (χ1v) is 7.34. The summed E-state index contributed by atoms with van der Waals surface area (Å²) < 4.78 is 0. The van der Waals surface area contributed by atoms with Gasteiger partial charge < -0.3 is 15.3 Å². The van der Waals surface area contributed by atoms with Crippen molar-refractivity contribution in [2.45, 2.75) is 51.6 Å². The molecule has 6 heteroatoms. The number of carbonyl (C=O) groups excluding carboxylic acids is 1. The number of hydrogen-bond acceptors (Lipinski definition) is 3. The van der Waals surface area contributed by atoms with Crippen LogP contribution >= 0.6 is 0 Å². The van der Waals surface area contributed by atoms with Gasteiger partial charge in [-0.05, 0) is 26.8 Å². The molecule has 0 aromatic heterocycles. The van der Waals surface area contributed by atoms with Gasteiger partial charge >= 0.3 is 12.0 Å². The second kappa shape index (κ2) is 6.92. The lowest BCUT2D eigenvalue weighted by molar-refractivity contribution is -0.144. The number of aliphatic carboxylic acids is 1. The molecule has 0 spiro atoms. The number of carboxylic acids is 1. The zero-order valence-electron chi connectivity index (χ0n) is 13.0. The topological polar surface area (TPSA) is 72.9 Å². The molecule has 2 unspecified atom stereocenters. The van der Waals surface area contributed by atoms with Gasteiger partial charge in [-0.3, -0.25) is 4.90 Å². The highest BCUT2D eigenvalue weighted by Gasteiger charge is 2.36. The summed E-state index contributed by atoms with van der Waals surface area (Å²) in [7, 11) is 2.06. The molecule has 2 N–H and O–H groups in total. The normalized spacial score (nSPS) is 23.2. The third-order valence-electron chi connectivity index (χ3n) is 4.14. The van der Waals surface area contributed by atoms with Crippen LogP contribution in [0.5, 0.6) is 0 Å². The maximum absolute atomic E-state index is 12.3. The molecule has 1 aliphatic rings. The smallest absolute Gasteiger partial charge is 0.329 e. The fourth-order valence-corrected chi connectivity index (χ4v) is 2.61. The SMILES string of the molecule is CCCC(C)(NC(=O)N1CCN(C)C(CC)C1)C(=O)O. The Morgan fingerprint density at radius 3 is 2.50 bits per heavy atom. The lowest BCUT2D eigenvalue weighted by atomic mass is 9.96. The molecular weight excluding hydrogens is 258 g/mol. The van der Waals surface area contributed by atoms with Crippen LogP contribution in [0.3, 0.4) is 0 Å². The molecule has 1 rings (SSSR count). The van der Waals surface area contributed by atoms with E-state index in [4.69, 9.17) is 0 Å². The number of piperazine rings is 1. The van der Waals surface area contributed by atoms with E-state index in [0.717, 1.165) is 13.0 Å². The predicted molar refractivity (Wildman–Crippen MR) is 77.8 cm³/mol. The number of urea groups is 1. The summed E-state index contributed by atoms with van der Waals surface area (Å²) >= 11 is 0. The van der Waals surface area contributed by atoms with E-state index < -0.39 is 11.5 Å². The Hall–Kier alpha value is -1.30. The summed E-state index contributed by atoms with van der Waals surface area (Å²) in [5, 5.41) is 12.0. The van der Waals surface area contributed by atoms with Gasteiger partial charge in [0.2, 0.25) is 0 Å². The molecule has 0 saturated carbocycles. The molecule has 0 aliphatic carbocycles. The summed E-state index contributed by atoms with van der Waals surface area (Å²) in [6, 6.07) is 0.0756. The first kappa shape index (κ1) is 16.8. The van der Waals surface area contributed by atoms with E-state index in [9.17, 15) is 14.7 Å². The minimum atomic E-state index is -1.18. The largest absolute Gasteiger partial charge is 0.480 e. The van der Waals surface area contributed by atoms with Crippen molar-refractivity contribution in [1.29, 1.82) is 0 Å². The molecule has 1 heterocycles. The molecule has 0 aromatic carbocycles. The maximum Gasteiger partial charge on any atom is 0.329 e. The van der Waals surface area contributed by atoms with Crippen LogP contribution in [0, 0.1) is 0 Å². The van der Waals surface area contributed by atoms with Crippen LogP contribution < -0.4 is 5.32 Å². The van der Waals surface area contributed by atoms with Gasteiger partial charge in [-0.1, -0.05) is 20.3 Å². The van der Waals surface area contributed by atoms with Crippen LogP contribution in [0.1, 0.15) is 40.0 Å². The Kier molecular flexibility index (Phi) is 5.80. The minimum absolute atomic E-state index is 0.269. The second-order valence-corrected chi connectivity index (χ2v) is 5.81. The van der Waals surface area contributed by atoms with Gasteiger partial charge in [0, 0.05) is 25.7 Å². The zero-order valence-corrected chi connectivity index (χ0v) is 13.0. The number of carbonyl (C=O) groups is 2. The number of nitrogens with zero attached hydrogens (tertiary/aromatic N) is 2. The third kappa shape index (κ3) is 3.85. The van der Waals surface area contributed by atoms with Crippen molar-refractivity contribution in [3.8, 4) is 0 Å². The van der Waals surface area contributed by atoms with E-state index in [0.29, 0.717) is 32.0 Å². The number of hydrogen-bond donors (Lipinski definition) is 2. The molecule has 116 valence electrons. The van der Waals surface area contributed by atoms with E-state index in [1.165, 1.54) is 0 Å². The summed E-state index contributed by atoms with van der Waals surface area (Å²) in [4.78, 5) is 27.6. The number of rotatable bonds is 5. The van der Waals surface area contributed by atoms with Gasteiger partial charge in [-0.15, -0.1) is 0 Å². The second-order valence-electron chi connectivity index (χ2n) is 5.81. The first-order valence-electron chi connectivity index (χ1n) is 7.34. The van der Waals surface area contributed by atoms with Crippen LogP contribution in [0.25, 0.3) is 0 Å². The Balaban J connectivity index is 2.68. The quantitative estimate of drug-likeness (QED) is 0.800. The van der Waals surface area contributed by atoms with Crippen LogP contribution in [0.4, 0.5) is 4.79 Å². The summed E-state index contributed by atoms with van der Waals surface area (Å²) in [6.07, 6.45) is 2.12. The van der Waals surface area contributed by atoms with Gasteiger partial charge in [-0.25, -0.2) is 9.59 Å². The molecular formula is C14H27N3O3. The Morgan fingerprint density at radius 2 is 2.00 bits per heavy atom. The highest BCUT2D eigenvalue weighted by atomic mass is 16.4. The van der Waals surface area contributed by atoms with E-state index >= 15 is 0 Å². The molecule has 0 bridgehead atoms. The molecule has 2 atom stereocenters. The molecule has 0 radical (unpaired) electrons. The first-order chi connectivity index (χ1) is 9.34. The molecule has 1 fully saturated rings. The Morgan fingerprint density at radius 1 is 1.35 bits per heavy atom. The lowest BCUT2D eigenvalue weighted by Gasteiger charge is -2.40. The Labute approximate surface area is 121 Å². The maximum atomic E-state index is 12.3. The average molecular weight is 285 g/mol. The fraction of sp³-hybridized carbons (Fsp3) is 0.857. The van der Waals surface area contributed by atoms with Crippen molar-refractivity contribution in [1.82, 2.24) is 15.1 Å². The van der Waals surface area contributed by atoms with Crippen LogP contribution in [-0.4, -0.2) is 65.2 Å². The molecule has 6 nitrogen and oxygen atoms in total. The summed E-state index contributed by atoms with van der Waals surface area (Å²) in [5.74, 6) is -0.978. The van der Waals surface area contributed by atoms with Crippen molar-refractivity contribution in [2.24, 2.45) is 0 Å². The van der Waals surface area contributed by atoms with Gasteiger partial charge in [0.15, 0.2) is 0 Å². The van der Waals surface area contributed by atoms with Crippen LogP contribution in [0.15, 0.2) is 0 Å². The highest BCUT2D eigenvalue weighted by molar-refractivity contribution is 5.85. The van der Waals surface area contributed by atoms with E-state index in [1.54, 1.807) is 11.8 Å². The van der Waals surface area contributed by atoms with E-state index in [-0.39, 0.29) is 6.03 Å². The van der Waals surface area contributed by atoms with E-state index in [2.05, 4.69) is 24.2 Å². The standard InChI is InChI=1S/C14H27N3O3/c1-5-7-14(3,12(18)19)15-13(20)17-9-8-16(4)11(6-2)10-17/h11H,5-10H2,1-4H3,(H,15,20)(H,18,19). The molecule has 20 heavy (non-hydrogen) atoms. The van der Waals surface area contributed by atoms with Crippen molar-refractivity contribution >= 4 is 12.0 Å². The fourth-order valence-electron chi connectivity index (χ4n) is 2.61. The van der Waals surface area contributed by atoms with E-state index in [1.807, 2.05) is 6.92 Å². The monoisotopic (exact) mass is 285 g/mol.